The van der Waals surface area contributed by atoms with E-state index in [1.54, 1.807) is 18.4 Å². The number of nitrogens with zero attached hydrogens (tertiary/aromatic N) is 3. The number of rotatable bonds is 5. The van der Waals surface area contributed by atoms with Crippen LogP contribution in [-0.4, -0.2) is 89.8 Å². The molecule has 1 atom stereocenters. The maximum absolute atomic E-state index is 13.9. The zero-order chi connectivity index (χ0) is 35.2. The molecule has 2 fully saturated rings. The molecule has 4 aliphatic rings. The number of fused-ring (bicyclic) bond motifs is 11. The topological polar surface area (TPSA) is 133 Å². The zero-order valence-electron chi connectivity index (χ0n) is 29.9. The minimum absolute atomic E-state index is 0.0862. The predicted octanol–water partition coefficient (Wildman–Crippen LogP) is 4.08. The Morgan fingerprint density at radius 1 is 1.08 bits per heavy atom. The van der Waals surface area contributed by atoms with E-state index in [1.807, 2.05) is 41.0 Å². The number of aromatic nitrogens is 1. The molecule has 4 amide bonds. The summed E-state index contributed by atoms with van der Waals surface area (Å²) in [6, 6.07) is 7.43. The van der Waals surface area contributed by atoms with Gasteiger partial charge in [-0.2, -0.15) is 0 Å². The van der Waals surface area contributed by atoms with Crippen LogP contribution in [0.4, 0.5) is 0 Å². The van der Waals surface area contributed by atoms with Crippen molar-refractivity contribution in [3.8, 4) is 5.75 Å². The van der Waals surface area contributed by atoms with Crippen molar-refractivity contribution in [1.82, 2.24) is 30.7 Å². The van der Waals surface area contributed by atoms with Crippen LogP contribution in [0.3, 0.4) is 0 Å². The molecule has 4 aliphatic heterocycles. The molecule has 12 heteroatoms. The minimum Gasteiger partial charge on any atom is -0.497 e. The summed E-state index contributed by atoms with van der Waals surface area (Å²) < 4.78 is 5.39. The molecule has 1 spiro atoms. The number of likely N-dealkylation sites (tertiary alicyclic amines) is 1. The maximum Gasteiger partial charge on any atom is 0.239 e. The van der Waals surface area contributed by atoms with Gasteiger partial charge in [-0.1, -0.05) is 32.9 Å². The Morgan fingerprint density at radius 2 is 1.82 bits per heavy atom. The van der Waals surface area contributed by atoms with Crippen molar-refractivity contribution in [1.29, 1.82) is 0 Å². The van der Waals surface area contributed by atoms with E-state index in [4.69, 9.17) is 9.72 Å². The number of aryl methyl sites for hydroxylation is 1. The summed E-state index contributed by atoms with van der Waals surface area (Å²) in [5, 5.41) is 10.8. The van der Waals surface area contributed by atoms with Crippen molar-refractivity contribution in [3.63, 3.8) is 0 Å². The molecule has 6 rings (SSSR count). The van der Waals surface area contributed by atoms with E-state index in [0.717, 1.165) is 39.7 Å². The third-order valence-electron chi connectivity index (χ3n) is 10.0. The van der Waals surface area contributed by atoms with Crippen LogP contribution in [0.2, 0.25) is 0 Å². The lowest BCUT2D eigenvalue weighted by molar-refractivity contribution is -0.136. The molecular formula is C37H54N6O5S. The Kier molecular flexibility index (Phi) is 12.0. The summed E-state index contributed by atoms with van der Waals surface area (Å²) >= 11 is 1.64. The fourth-order valence-electron chi connectivity index (χ4n) is 7.18. The van der Waals surface area contributed by atoms with Crippen molar-refractivity contribution < 1.29 is 23.9 Å². The average molecular weight is 695 g/mol. The second-order valence-electron chi connectivity index (χ2n) is 15.2. The first-order valence-corrected chi connectivity index (χ1v) is 18.6. The average Bonchev–Trinajstić information content (AvgIpc) is 3.42. The van der Waals surface area contributed by atoms with Crippen LogP contribution < -0.4 is 20.7 Å². The van der Waals surface area contributed by atoms with Gasteiger partial charge in [-0.15, -0.1) is 11.3 Å². The maximum atomic E-state index is 13.9. The molecule has 49 heavy (non-hydrogen) atoms. The van der Waals surface area contributed by atoms with Gasteiger partial charge in [-0.25, -0.2) is 4.98 Å². The number of methoxy groups -OCH3 is 1. The summed E-state index contributed by atoms with van der Waals surface area (Å²) in [5.74, 6) is 0.920. The smallest absolute Gasteiger partial charge is 0.239 e. The Bertz CT molecular complexity index is 1490. The van der Waals surface area contributed by atoms with Gasteiger partial charge >= 0.3 is 0 Å². The van der Waals surface area contributed by atoms with E-state index < -0.39 is 11.6 Å². The van der Waals surface area contributed by atoms with Gasteiger partial charge in [0.25, 0.3) is 0 Å². The molecule has 0 unspecified atom stereocenters. The van der Waals surface area contributed by atoms with E-state index in [9.17, 15) is 19.2 Å². The van der Waals surface area contributed by atoms with Crippen LogP contribution in [0, 0.1) is 12.3 Å². The predicted molar refractivity (Wildman–Crippen MR) is 190 cm³/mol. The molecule has 5 heterocycles. The van der Waals surface area contributed by atoms with Crippen molar-refractivity contribution in [2.75, 3.05) is 39.8 Å². The third-order valence-corrected chi connectivity index (χ3v) is 11.2. The summed E-state index contributed by atoms with van der Waals surface area (Å²) in [5.41, 5.74) is 0.934. The summed E-state index contributed by atoms with van der Waals surface area (Å²) in [4.78, 5) is 63.7. The second kappa shape index (κ2) is 16.0. The van der Waals surface area contributed by atoms with Gasteiger partial charge in [0.05, 0.1) is 35.8 Å². The quantitative estimate of drug-likeness (QED) is 0.430. The monoisotopic (exact) mass is 694 g/mol. The molecule has 2 saturated heterocycles. The van der Waals surface area contributed by atoms with E-state index in [1.165, 1.54) is 0 Å². The molecule has 3 N–H and O–H groups in total. The number of hydrogen-bond donors (Lipinski definition) is 3. The molecule has 11 nitrogen and oxygen atoms in total. The Hall–Kier alpha value is -3.51. The second-order valence-corrected chi connectivity index (χ2v) is 16.5. The number of ether oxygens (including phenoxy) is 1. The van der Waals surface area contributed by atoms with Gasteiger partial charge in [-0.3, -0.25) is 19.2 Å². The zero-order valence-corrected chi connectivity index (χ0v) is 30.7. The van der Waals surface area contributed by atoms with Crippen molar-refractivity contribution >= 4 is 35.0 Å². The van der Waals surface area contributed by atoms with Gasteiger partial charge in [-0.05, 0) is 68.6 Å². The van der Waals surface area contributed by atoms with Crippen LogP contribution in [0.25, 0.3) is 0 Å². The summed E-state index contributed by atoms with van der Waals surface area (Å²) in [6.45, 7) is 11.4. The Morgan fingerprint density at radius 3 is 2.51 bits per heavy atom. The largest absolute Gasteiger partial charge is 0.497 e. The van der Waals surface area contributed by atoms with Gasteiger partial charge in [0.2, 0.25) is 23.6 Å². The highest BCUT2D eigenvalue weighted by atomic mass is 32.1. The fraction of sp³-hybridized carbons (Fsp3) is 0.649. The van der Waals surface area contributed by atoms with Crippen LogP contribution in [0.5, 0.6) is 5.75 Å². The number of amides is 4. The number of nitrogens with one attached hydrogen (secondary N) is 3. The molecule has 4 bridgehead atoms. The van der Waals surface area contributed by atoms with Gasteiger partial charge in [0, 0.05) is 62.9 Å². The number of carbonyl (C=O) groups excluding carboxylic acids is 4. The van der Waals surface area contributed by atoms with Gasteiger partial charge in [0.1, 0.15) is 5.75 Å². The lowest BCUT2D eigenvalue weighted by Crippen LogP contribution is -2.58. The highest BCUT2D eigenvalue weighted by molar-refractivity contribution is 7.11. The van der Waals surface area contributed by atoms with E-state index in [2.05, 4.69) is 36.7 Å². The number of thiazole rings is 1. The molecule has 0 saturated carbocycles. The van der Waals surface area contributed by atoms with Crippen LogP contribution >= 0.6 is 11.3 Å². The Labute approximate surface area is 294 Å². The summed E-state index contributed by atoms with van der Waals surface area (Å²) in [6.07, 6.45) is 4.60. The van der Waals surface area contributed by atoms with E-state index >= 15 is 0 Å². The molecule has 0 radical (unpaired) electrons. The van der Waals surface area contributed by atoms with Crippen molar-refractivity contribution in [2.24, 2.45) is 5.41 Å². The molecule has 0 aliphatic carbocycles. The van der Waals surface area contributed by atoms with E-state index in [0.29, 0.717) is 71.4 Å². The lowest BCUT2D eigenvalue weighted by atomic mass is 9.83. The number of carbonyl (C=O) groups is 4. The molecular weight excluding hydrogens is 641 g/mol. The minimum atomic E-state index is -0.752. The van der Waals surface area contributed by atoms with Crippen molar-refractivity contribution in [3.05, 3.63) is 45.4 Å². The van der Waals surface area contributed by atoms with Crippen LogP contribution in [0.1, 0.15) is 99.2 Å². The normalized spacial score (nSPS) is 21.5. The first-order valence-electron chi connectivity index (χ1n) is 17.8. The fourth-order valence-corrected chi connectivity index (χ4v) is 8.29. The highest BCUT2D eigenvalue weighted by Gasteiger charge is 2.40. The SMILES string of the molecule is COc1cccc(CN[C@H]2CCCNC(=O)CC3(CCN(C(=O)CC(C)(C)C)CC3)NC(=O)Cc3nc(sc3C)C3CCN(CC3)C2=O)c1. The number of hydrogen-bond acceptors (Lipinski definition) is 8. The summed E-state index contributed by atoms with van der Waals surface area (Å²) in [7, 11) is 1.64. The first kappa shape index (κ1) is 36.8. The molecule has 268 valence electrons. The third kappa shape index (κ3) is 10.0. The van der Waals surface area contributed by atoms with Gasteiger partial charge in [0.15, 0.2) is 0 Å². The molecule has 2 aromatic rings. The van der Waals surface area contributed by atoms with Crippen LogP contribution in [-0.2, 0) is 32.1 Å². The standard InChI is InChI=1S/C37H54N6O5S/c1-25-30-21-31(44)41-37(13-18-42(19-14-37)33(46)23-36(2,3)4)22-32(45)38-15-7-10-29(39-24-26-8-6-9-28(20-26)48-5)35(47)43-16-11-27(12-17-43)34(40-30)49-25/h6,8-9,20,27,29,39H,7,10-19,21-24H2,1-5H3,(H,38,45)(H,41,44)/t29-/m0/s1. The number of benzene rings is 1. The molecule has 1 aromatic heterocycles. The van der Waals surface area contributed by atoms with Crippen LogP contribution in [0.15, 0.2) is 24.3 Å². The van der Waals surface area contributed by atoms with E-state index in [-0.39, 0.29) is 47.8 Å². The number of piperidine rings is 2. The highest BCUT2D eigenvalue weighted by Crippen LogP contribution is 2.34. The lowest BCUT2D eigenvalue weighted by Gasteiger charge is -2.42. The van der Waals surface area contributed by atoms with Gasteiger partial charge < -0.3 is 30.5 Å². The molecule has 1 aromatic carbocycles. The Balaban J connectivity index is 1.32. The van der Waals surface area contributed by atoms with Crippen molar-refractivity contribution in [2.45, 2.75) is 110 Å². The first-order chi connectivity index (χ1) is 23.3.